The molecule has 0 saturated carbocycles. The number of aromatic carboxylic acids is 1. The number of aromatic amines is 1. The number of aromatic nitrogens is 2. The molecule has 2 heterocycles. The Labute approximate surface area is 99.7 Å². The molecule has 0 bridgehead atoms. The van der Waals surface area contributed by atoms with Crippen LogP contribution in [0.4, 0.5) is 0 Å². The van der Waals surface area contributed by atoms with Crippen molar-refractivity contribution in [2.24, 2.45) is 0 Å². The molecule has 0 spiro atoms. The second-order valence-electron chi connectivity index (χ2n) is 3.13. The number of nitrogens with zero attached hydrogens (tertiary/aromatic N) is 1. The number of thioether (sulfide) groups is 1. The Hall–Kier alpha value is -2.02. The number of hydrogen-bond donors (Lipinski definition) is 2. The first-order chi connectivity index (χ1) is 8.15. The van der Waals surface area contributed by atoms with Gasteiger partial charge in [-0.2, -0.15) is 0 Å². The highest BCUT2D eigenvalue weighted by Gasteiger charge is 2.08. The molecule has 0 aliphatic carbocycles. The quantitative estimate of drug-likeness (QED) is 0.630. The Morgan fingerprint density at radius 3 is 3.06 bits per heavy atom. The summed E-state index contributed by atoms with van der Waals surface area (Å²) >= 11 is 1.26. The van der Waals surface area contributed by atoms with Crippen LogP contribution in [0, 0.1) is 0 Å². The van der Waals surface area contributed by atoms with E-state index in [2.05, 4.69) is 9.97 Å². The first kappa shape index (κ1) is 11.5. The average molecular weight is 252 g/mol. The predicted octanol–water partition coefficient (Wildman–Crippen LogP) is 1.35. The molecule has 0 aromatic carbocycles. The number of rotatable bonds is 4. The molecule has 7 heteroatoms. The van der Waals surface area contributed by atoms with Crippen LogP contribution in [0.5, 0.6) is 0 Å². The summed E-state index contributed by atoms with van der Waals surface area (Å²) in [5, 5.41) is 9.16. The first-order valence-electron chi connectivity index (χ1n) is 4.64. The van der Waals surface area contributed by atoms with Crippen molar-refractivity contribution in [2.75, 3.05) is 0 Å². The molecule has 0 aliphatic heterocycles. The van der Waals surface area contributed by atoms with Gasteiger partial charge in [-0.1, -0.05) is 11.8 Å². The van der Waals surface area contributed by atoms with Crippen LogP contribution < -0.4 is 5.56 Å². The van der Waals surface area contributed by atoms with Gasteiger partial charge in [0.05, 0.1) is 11.3 Å². The summed E-state index contributed by atoms with van der Waals surface area (Å²) in [5.41, 5.74) is -0.122. The Morgan fingerprint density at radius 1 is 1.59 bits per heavy atom. The van der Waals surface area contributed by atoms with Gasteiger partial charge in [-0.05, 0) is 6.07 Å². The lowest BCUT2D eigenvalue weighted by Gasteiger charge is -1.96. The Morgan fingerprint density at radius 2 is 2.41 bits per heavy atom. The van der Waals surface area contributed by atoms with Crippen LogP contribution in [0.15, 0.2) is 39.0 Å². The molecule has 0 fully saturated rings. The highest BCUT2D eigenvalue weighted by Crippen LogP contribution is 2.19. The second kappa shape index (κ2) is 4.88. The van der Waals surface area contributed by atoms with Gasteiger partial charge in [-0.3, -0.25) is 4.79 Å². The van der Waals surface area contributed by atoms with Crippen molar-refractivity contribution in [1.82, 2.24) is 9.97 Å². The third-order valence-electron chi connectivity index (χ3n) is 1.90. The van der Waals surface area contributed by atoms with E-state index in [9.17, 15) is 9.59 Å². The van der Waals surface area contributed by atoms with Crippen LogP contribution in [0.25, 0.3) is 0 Å². The summed E-state index contributed by atoms with van der Waals surface area (Å²) in [7, 11) is 0. The maximum Gasteiger partial charge on any atom is 0.338 e. The van der Waals surface area contributed by atoms with Gasteiger partial charge in [-0.25, -0.2) is 9.78 Å². The van der Waals surface area contributed by atoms with E-state index in [1.807, 2.05) is 0 Å². The van der Waals surface area contributed by atoms with Gasteiger partial charge >= 0.3 is 5.97 Å². The number of carbonyl (C=O) groups is 1. The van der Waals surface area contributed by atoms with Crippen LogP contribution in [0.3, 0.4) is 0 Å². The van der Waals surface area contributed by atoms with Crippen molar-refractivity contribution in [3.8, 4) is 0 Å². The highest BCUT2D eigenvalue weighted by molar-refractivity contribution is 7.98. The van der Waals surface area contributed by atoms with E-state index >= 15 is 0 Å². The van der Waals surface area contributed by atoms with Gasteiger partial charge in [0.2, 0.25) is 0 Å². The van der Waals surface area contributed by atoms with E-state index in [4.69, 9.17) is 9.52 Å². The van der Waals surface area contributed by atoms with Crippen LogP contribution in [0.2, 0.25) is 0 Å². The number of hydrogen-bond acceptors (Lipinski definition) is 5. The van der Waals surface area contributed by atoms with Gasteiger partial charge in [0, 0.05) is 12.3 Å². The lowest BCUT2D eigenvalue weighted by Crippen LogP contribution is -2.05. The third kappa shape index (κ3) is 2.97. The van der Waals surface area contributed by atoms with E-state index < -0.39 is 5.97 Å². The maximum atomic E-state index is 11.0. The van der Waals surface area contributed by atoms with E-state index in [0.29, 0.717) is 16.7 Å². The molecule has 0 atom stereocenters. The van der Waals surface area contributed by atoms with E-state index in [1.54, 1.807) is 0 Å². The molecule has 0 saturated heterocycles. The van der Waals surface area contributed by atoms with E-state index in [1.165, 1.54) is 36.4 Å². The minimum absolute atomic E-state index is 0.107. The average Bonchev–Trinajstić information content (AvgIpc) is 2.75. The van der Waals surface area contributed by atoms with Crippen LogP contribution >= 0.6 is 11.8 Å². The van der Waals surface area contributed by atoms with E-state index in [-0.39, 0.29) is 11.1 Å². The fraction of sp³-hybridized carbons (Fsp3) is 0.100. The van der Waals surface area contributed by atoms with Crippen LogP contribution in [0.1, 0.15) is 16.1 Å². The van der Waals surface area contributed by atoms with Gasteiger partial charge in [0.1, 0.15) is 12.0 Å². The summed E-state index contributed by atoms with van der Waals surface area (Å²) in [5.74, 6) is -0.115. The lowest BCUT2D eigenvalue weighted by atomic mass is 10.3. The molecular formula is C10H8N2O4S. The molecular weight excluding hydrogens is 244 g/mol. The zero-order valence-corrected chi connectivity index (χ0v) is 9.36. The van der Waals surface area contributed by atoms with Crippen molar-refractivity contribution in [1.29, 1.82) is 0 Å². The molecule has 0 radical (unpaired) electrons. The number of carboxylic acids is 1. The number of carboxylic acid groups (broad SMARTS) is 1. The largest absolute Gasteiger partial charge is 0.478 e. The van der Waals surface area contributed by atoms with Crippen molar-refractivity contribution in [2.45, 2.75) is 10.9 Å². The molecule has 88 valence electrons. The van der Waals surface area contributed by atoms with Gasteiger partial charge in [0.25, 0.3) is 5.56 Å². The molecule has 0 amide bonds. The summed E-state index contributed by atoms with van der Waals surface area (Å²) in [4.78, 5) is 28.1. The van der Waals surface area contributed by atoms with Crippen LogP contribution in [-0.2, 0) is 5.75 Å². The maximum absolute atomic E-state index is 11.0. The monoisotopic (exact) mass is 252 g/mol. The zero-order chi connectivity index (χ0) is 12.3. The first-order valence-corrected chi connectivity index (χ1v) is 5.62. The summed E-state index contributed by atoms with van der Waals surface area (Å²) in [6.45, 7) is 0. The zero-order valence-electron chi connectivity index (χ0n) is 8.54. The van der Waals surface area contributed by atoms with Crippen molar-refractivity contribution in [3.63, 3.8) is 0 Å². The SMILES string of the molecule is O=C(O)c1coc(CSc2nccc(=O)[nH]2)c1. The minimum Gasteiger partial charge on any atom is -0.478 e. The summed E-state index contributed by atoms with van der Waals surface area (Å²) < 4.78 is 5.06. The molecule has 6 nitrogen and oxygen atoms in total. The number of furan rings is 1. The minimum atomic E-state index is -1.03. The number of nitrogens with one attached hydrogen (secondary N) is 1. The molecule has 2 aromatic rings. The molecule has 2 rings (SSSR count). The Kier molecular flexibility index (Phi) is 3.29. The van der Waals surface area contributed by atoms with Crippen molar-refractivity contribution >= 4 is 17.7 Å². The third-order valence-corrected chi connectivity index (χ3v) is 2.81. The normalized spacial score (nSPS) is 10.4. The van der Waals surface area contributed by atoms with Crippen LogP contribution in [-0.4, -0.2) is 21.0 Å². The lowest BCUT2D eigenvalue weighted by molar-refractivity contribution is 0.0696. The van der Waals surface area contributed by atoms with Gasteiger partial charge < -0.3 is 14.5 Å². The van der Waals surface area contributed by atoms with Crippen molar-refractivity contribution in [3.05, 3.63) is 46.3 Å². The Bertz CT molecular complexity index is 590. The molecule has 2 aromatic heterocycles. The van der Waals surface area contributed by atoms with Gasteiger partial charge in [0.15, 0.2) is 5.16 Å². The van der Waals surface area contributed by atoms with E-state index in [0.717, 1.165) is 0 Å². The second-order valence-corrected chi connectivity index (χ2v) is 4.10. The molecule has 17 heavy (non-hydrogen) atoms. The molecule has 0 unspecified atom stereocenters. The molecule has 2 N–H and O–H groups in total. The standard InChI is InChI=1S/C10H8N2O4S/c13-8-1-2-11-10(12-8)17-5-7-3-6(4-16-7)9(14)15/h1-4H,5H2,(H,14,15)(H,11,12,13). The van der Waals surface area contributed by atoms with Gasteiger partial charge in [-0.15, -0.1) is 0 Å². The predicted molar refractivity (Wildman–Crippen MR) is 60.1 cm³/mol. The Balaban J connectivity index is 2.02. The number of H-pyrrole nitrogens is 1. The fourth-order valence-corrected chi connectivity index (χ4v) is 1.87. The highest BCUT2D eigenvalue weighted by atomic mass is 32.2. The topological polar surface area (TPSA) is 96.2 Å². The fourth-order valence-electron chi connectivity index (χ4n) is 1.13. The van der Waals surface area contributed by atoms with Crippen molar-refractivity contribution < 1.29 is 14.3 Å². The summed E-state index contributed by atoms with van der Waals surface area (Å²) in [6, 6.07) is 2.76. The molecule has 0 aliphatic rings. The smallest absolute Gasteiger partial charge is 0.338 e. The summed E-state index contributed by atoms with van der Waals surface area (Å²) in [6.07, 6.45) is 2.59.